The van der Waals surface area contributed by atoms with Crippen molar-refractivity contribution >= 4 is 46.6 Å². The zero-order valence-electron chi connectivity index (χ0n) is 14.4. The number of aryl methyl sites for hydroxylation is 1. The summed E-state index contributed by atoms with van der Waals surface area (Å²) < 4.78 is 0. The van der Waals surface area contributed by atoms with Gasteiger partial charge in [0.2, 0.25) is 11.8 Å². The highest BCUT2D eigenvalue weighted by Crippen LogP contribution is 2.24. The minimum Gasteiger partial charge on any atom is -0.325 e. The smallest absolute Gasteiger partial charge is 0.237 e. The Labute approximate surface area is 157 Å². The van der Waals surface area contributed by atoms with Crippen LogP contribution < -0.4 is 10.6 Å². The standard InChI is InChI=1S/C19H21ClN2O2S/c1-12-6-4-7-15(10-12)21-18(23)11-25-14(3)19(24)22-17-9-5-8-16(20)13(17)2/h4-10,14H,11H2,1-3H3,(H,21,23)(H,22,24)/t14-/m0/s1. The molecule has 0 saturated carbocycles. The molecule has 0 aromatic heterocycles. The summed E-state index contributed by atoms with van der Waals surface area (Å²) in [4.78, 5) is 24.3. The minimum atomic E-state index is -0.360. The Balaban J connectivity index is 1.84. The van der Waals surface area contributed by atoms with Gasteiger partial charge in [-0.15, -0.1) is 11.8 Å². The summed E-state index contributed by atoms with van der Waals surface area (Å²) in [6.07, 6.45) is 0. The van der Waals surface area contributed by atoms with Crippen molar-refractivity contribution in [1.82, 2.24) is 0 Å². The van der Waals surface area contributed by atoms with Crippen LogP contribution in [0.4, 0.5) is 11.4 Å². The van der Waals surface area contributed by atoms with Crippen molar-refractivity contribution in [3.8, 4) is 0 Å². The maximum absolute atomic E-state index is 12.3. The van der Waals surface area contributed by atoms with Gasteiger partial charge in [0, 0.05) is 16.4 Å². The van der Waals surface area contributed by atoms with Gasteiger partial charge in [-0.1, -0.05) is 29.8 Å². The van der Waals surface area contributed by atoms with Crippen LogP contribution in [0.2, 0.25) is 5.02 Å². The van der Waals surface area contributed by atoms with E-state index in [-0.39, 0.29) is 22.8 Å². The topological polar surface area (TPSA) is 58.2 Å². The highest BCUT2D eigenvalue weighted by molar-refractivity contribution is 8.01. The van der Waals surface area contributed by atoms with Crippen molar-refractivity contribution in [2.24, 2.45) is 0 Å². The first kappa shape index (κ1) is 19.3. The summed E-state index contributed by atoms with van der Waals surface area (Å²) in [6, 6.07) is 13.0. The third kappa shape index (κ3) is 5.80. The molecule has 0 saturated heterocycles. The Morgan fingerprint density at radius 3 is 2.56 bits per heavy atom. The third-order valence-corrected chi connectivity index (χ3v) is 5.21. The van der Waals surface area contributed by atoms with E-state index in [0.717, 1.165) is 16.8 Å². The summed E-state index contributed by atoms with van der Waals surface area (Å²) in [5.41, 5.74) is 3.36. The first-order valence-corrected chi connectivity index (χ1v) is 9.33. The van der Waals surface area contributed by atoms with E-state index >= 15 is 0 Å². The predicted molar refractivity (Wildman–Crippen MR) is 107 cm³/mol. The van der Waals surface area contributed by atoms with Crippen LogP contribution in [0, 0.1) is 13.8 Å². The molecule has 2 rings (SSSR count). The van der Waals surface area contributed by atoms with Crippen molar-refractivity contribution in [2.45, 2.75) is 26.0 Å². The van der Waals surface area contributed by atoms with Crippen LogP contribution >= 0.6 is 23.4 Å². The molecule has 6 heteroatoms. The molecule has 25 heavy (non-hydrogen) atoms. The van der Waals surface area contributed by atoms with E-state index in [9.17, 15) is 9.59 Å². The van der Waals surface area contributed by atoms with Gasteiger partial charge in [0.15, 0.2) is 0 Å². The van der Waals surface area contributed by atoms with Gasteiger partial charge in [0.25, 0.3) is 0 Å². The average molecular weight is 377 g/mol. The van der Waals surface area contributed by atoms with Crippen LogP contribution in [0.5, 0.6) is 0 Å². The number of amides is 2. The molecule has 0 unspecified atom stereocenters. The van der Waals surface area contributed by atoms with Crippen LogP contribution in [-0.2, 0) is 9.59 Å². The lowest BCUT2D eigenvalue weighted by Crippen LogP contribution is -2.25. The molecule has 0 heterocycles. The molecular formula is C19H21ClN2O2S. The fourth-order valence-electron chi connectivity index (χ4n) is 2.17. The van der Waals surface area contributed by atoms with Crippen molar-refractivity contribution in [2.75, 3.05) is 16.4 Å². The third-order valence-electron chi connectivity index (χ3n) is 3.66. The maximum atomic E-state index is 12.3. The summed E-state index contributed by atoms with van der Waals surface area (Å²) in [5.74, 6) is -0.0789. The van der Waals surface area contributed by atoms with Gasteiger partial charge in [0.05, 0.1) is 11.0 Å². The Bertz CT molecular complexity index is 780. The van der Waals surface area contributed by atoms with Crippen LogP contribution in [0.1, 0.15) is 18.1 Å². The zero-order valence-corrected chi connectivity index (χ0v) is 16.0. The first-order chi connectivity index (χ1) is 11.9. The zero-order chi connectivity index (χ0) is 18.4. The molecule has 2 aromatic carbocycles. The lowest BCUT2D eigenvalue weighted by atomic mass is 10.2. The Kier molecular flexibility index (Phi) is 6.91. The molecule has 2 amide bonds. The van der Waals surface area contributed by atoms with Gasteiger partial charge in [-0.05, 0) is 56.2 Å². The number of nitrogens with one attached hydrogen (secondary N) is 2. The number of carbonyl (C=O) groups excluding carboxylic acids is 2. The second kappa shape index (κ2) is 8.92. The second-order valence-electron chi connectivity index (χ2n) is 5.77. The lowest BCUT2D eigenvalue weighted by Gasteiger charge is -2.14. The number of anilines is 2. The summed E-state index contributed by atoms with van der Waals surface area (Å²) in [6.45, 7) is 5.60. The molecule has 0 aliphatic carbocycles. The lowest BCUT2D eigenvalue weighted by molar-refractivity contribution is -0.115. The average Bonchev–Trinajstić information content (AvgIpc) is 2.56. The van der Waals surface area contributed by atoms with Crippen LogP contribution in [0.25, 0.3) is 0 Å². The molecule has 2 N–H and O–H groups in total. The summed E-state index contributed by atoms with van der Waals surface area (Å²) in [7, 11) is 0. The molecule has 0 bridgehead atoms. The molecule has 4 nitrogen and oxygen atoms in total. The van der Waals surface area contributed by atoms with Crippen molar-refractivity contribution < 1.29 is 9.59 Å². The number of hydrogen-bond donors (Lipinski definition) is 2. The van der Waals surface area contributed by atoms with Crippen molar-refractivity contribution in [3.63, 3.8) is 0 Å². The van der Waals surface area contributed by atoms with E-state index in [1.165, 1.54) is 11.8 Å². The Morgan fingerprint density at radius 1 is 1.12 bits per heavy atom. The number of halogens is 1. The number of hydrogen-bond acceptors (Lipinski definition) is 3. The van der Waals surface area contributed by atoms with E-state index in [4.69, 9.17) is 11.6 Å². The molecular weight excluding hydrogens is 356 g/mol. The molecule has 2 aromatic rings. The largest absolute Gasteiger partial charge is 0.325 e. The van der Waals surface area contributed by atoms with Gasteiger partial charge >= 0.3 is 0 Å². The van der Waals surface area contributed by atoms with Gasteiger partial charge in [-0.2, -0.15) is 0 Å². The van der Waals surface area contributed by atoms with E-state index in [1.807, 2.05) is 38.1 Å². The second-order valence-corrected chi connectivity index (χ2v) is 7.51. The van der Waals surface area contributed by atoms with Gasteiger partial charge in [-0.25, -0.2) is 0 Å². The van der Waals surface area contributed by atoms with Gasteiger partial charge in [-0.3, -0.25) is 9.59 Å². The van der Waals surface area contributed by atoms with Crippen LogP contribution in [0.3, 0.4) is 0 Å². The number of benzene rings is 2. The summed E-state index contributed by atoms with van der Waals surface area (Å²) in [5, 5.41) is 5.94. The highest BCUT2D eigenvalue weighted by Gasteiger charge is 2.16. The molecule has 0 aliphatic rings. The quantitative estimate of drug-likeness (QED) is 0.771. The molecule has 1 atom stereocenters. The Morgan fingerprint density at radius 2 is 1.84 bits per heavy atom. The molecule has 132 valence electrons. The molecule has 0 fully saturated rings. The van der Waals surface area contributed by atoms with E-state index in [0.29, 0.717) is 10.7 Å². The van der Waals surface area contributed by atoms with Crippen LogP contribution in [0.15, 0.2) is 42.5 Å². The van der Waals surface area contributed by atoms with Crippen molar-refractivity contribution in [1.29, 1.82) is 0 Å². The minimum absolute atomic E-state index is 0.130. The molecule has 0 radical (unpaired) electrons. The fourth-order valence-corrected chi connectivity index (χ4v) is 3.03. The van der Waals surface area contributed by atoms with E-state index in [1.54, 1.807) is 25.1 Å². The fraction of sp³-hybridized carbons (Fsp3) is 0.263. The van der Waals surface area contributed by atoms with Gasteiger partial charge < -0.3 is 10.6 Å². The van der Waals surface area contributed by atoms with Crippen LogP contribution in [-0.4, -0.2) is 22.8 Å². The summed E-state index contributed by atoms with van der Waals surface area (Å²) >= 11 is 7.35. The first-order valence-electron chi connectivity index (χ1n) is 7.91. The monoisotopic (exact) mass is 376 g/mol. The molecule has 0 spiro atoms. The van der Waals surface area contributed by atoms with Gasteiger partial charge in [0.1, 0.15) is 0 Å². The number of carbonyl (C=O) groups is 2. The Hall–Kier alpha value is -1.98. The SMILES string of the molecule is Cc1cccc(NC(=O)CS[C@@H](C)C(=O)Nc2cccc(Cl)c2C)c1. The number of rotatable bonds is 6. The maximum Gasteiger partial charge on any atom is 0.237 e. The number of thioether (sulfide) groups is 1. The predicted octanol–water partition coefficient (Wildman–Crippen LogP) is 4.66. The molecule has 0 aliphatic heterocycles. The normalized spacial score (nSPS) is 11.7. The highest BCUT2D eigenvalue weighted by atomic mass is 35.5. The van der Waals surface area contributed by atoms with Crippen molar-refractivity contribution in [3.05, 3.63) is 58.6 Å². The van der Waals surface area contributed by atoms with E-state index < -0.39 is 0 Å². The van der Waals surface area contributed by atoms with E-state index in [2.05, 4.69) is 10.6 Å².